The average molecular weight is 1680 g/mol. The molecular formula is C97H106Cl2F5N9O7. The number of nitrogens with zero attached hydrogens (tertiary/aromatic N) is 3. The number of benzene rings is 9. The molecule has 0 radical (unpaired) electrons. The molecule has 3 unspecified atom stereocenters. The van der Waals surface area contributed by atoms with Crippen LogP contribution in [-0.2, 0) is 14.4 Å². The highest BCUT2D eigenvalue weighted by Gasteiger charge is 2.47. The van der Waals surface area contributed by atoms with Crippen LogP contribution in [0.1, 0.15) is 205 Å². The summed E-state index contributed by atoms with van der Waals surface area (Å²) in [4.78, 5) is 87.4. The predicted molar refractivity (Wildman–Crippen MR) is 465 cm³/mol. The largest absolute Gasteiger partial charge is 0.506 e. The minimum Gasteiger partial charge on any atom is -0.506 e. The van der Waals surface area contributed by atoms with Gasteiger partial charge >= 0.3 is 0 Å². The van der Waals surface area contributed by atoms with E-state index in [9.17, 15) is 55.8 Å². The van der Waals surface area contributed by atoms with Gasteiger partial charge in [0.25, 0.3) is 17.7 Å². The predicted octanol–water partition coefficient (Wildman–Crippen LogP) is 22.5. The Hall–Kier alpha value is -10.8. The number of aromatic hydroxyl groups is 1. The van der Waals surface area contributed by atoms with Crippen molar-refractivity contribution < 1.29 is 55.8 Å². The van der Waals surface area contributed by atoms with Crippen molar-refractivity contribution in [2.45, 2.75) is 181 Å². The number of nitrogens with one attached hydrogen (secondary N) is 6. The molecule has 9 aromatic carbocycles. The first-order valence-electron chi connectivity index (χ1n) is 42.0. The highest BCUT2D eigenvalue weighted by molar-refractivity contribution is 6.34. The molecule has 120 heavy (non-hydrogen) atoms. The van der Waals surface area contributed by atoms with Crippen molar-refractivity contribution in [1.29, 1.82) is 0 Å². The van der Waals surface area contributed by atoms with E-state index in [0.717, 1.165) is 119 Å². The summed E-state index contributed by atoms with van der Waals surface area (Å²) in [6.07, 6.45) is 15.7. The lowest BCUT2D eigenvalue weighted by Gasteiger charge is -2.44. The van der Waals surface area contributed by atoms with Gasteiger partial charge in [0, 0.05) is 71.9 Å². The molecule has 7 N–H and O–H groups in total. The van der Waals surface area contributed by atoms with Crippen LogP contribution in [0.5, 0.6) is 5.75 Å². The number of carbonyl (C=O) groups is 6. The van der Waals surface area contributed by atoms with Crippen molar-refractivity contribution >= 4 is 92.8 Å². The lowest BCUT2D eigenvalue weighted by Crippen LogP contribution is -2.49. The van der Waals surface area contributed by atoms with E-state index in [1.54, 1.807) is 4.90 Å². The molecule has 3 aliphatic carbocycles. The van der Waals surface area contributed by atoms with Crippen LogP contribution in [0.25, 0.3) is 0 Å². The average Bonchev–Trinajstić information content (AvgIpc) is 0.792. The Labute approximate surface area is 709 Å². The normalized spacial score (nSPS) is 21.3. The number of hydrogen-bond acceptors (Lipinski definition) is 10. The third-order valence-corrected chi connectivity index (χ3v) is 25.3. The summed E-state index contributed by atoms with van der Waals surface area (Å²) in [7, 11) is 0. The third-order valence-electron chi connectivity index (χ3n) is 24.7. The number of phenolic OH excluding ortho intramolecular Hbond substituents is 1. The van der Waals surface area contributed by atoms with Gasteiger partial charge in [-0.05, 0) is 257 Å². The fourth-order valence-electron chi connectivity index (χ4n) is 18.2. The van der Waals surface area contributed by atoms with E-state index < -0.39 is 93.8 Å². The number of carbonyl (C=O) groups excluding carboxylic acids is 6. The molecule has 6 fully saturated rings. The first kappa shape index (κ1) is 87.1. The molecule has 3 heterocycles. The van der Waals surface area contributed by atoms with Crippen molar-refractivity contribution in [3.63, 3.8) is 0 Å². The van der Waals surface area contributed by atoms with E-state index in [2.05, 4.69) is 31.9 Å². The Balaban J connectivity index is 0.000000156. The highest BCUT2D eigenvalue weighted by atomic mass is 35.5. The van der Waals surface area contributed by atoms with Crippen molar-refractivity contribution in [3.8, 4) is 5.75 Å². The Morgan fingerprint density at radius 3 is 0.917 bits per heavy atom. The topological polar surface area (TPSA) is 205 Å². The van der Waals surface area contributed by atoms with Crippen molar-refractivity contribution in [2.75, 3.05) is 51.5 Å². The number of amides is 6. The smallest absolute Gasteiger partial charge is 0.260 e. The molecule has 6 aliphatic rings. The van der Waals surface area contributed by atoms with E-state index in [0.29, 0.717) is 60.9 Å². The van der Waals surface area contributed by atoms with Crippen molar-refractivity contribution in [3.05, 3.63) is 277 Å². The second kappa shape index (κ2) is 39.2. The molecule has 0 bridgehead atoms. The lowest BCUT2D eigenvalue weighted by atomic mass is 9.79. The zero-order valence-electron chi connectivity index (χ0n) is 68.9. The zero-order chi connectivity index (χ0) is 85.2. The van der Waals surface area contributed by atoms with E-state index >= 15 is 0 Å². The SMILES string of the molecule is C[C@@H]1C[C@H](C(=O)Nc2ccc(O)c(Cl)c2)C(c2ccc(NC3CCCC3)cc2)N(C(=O)c2c(F)cccc2F)C1.Cc1ccc(NC(=O)[C@H]2C[C@@H](C)CN(C(=O)c3c(F)cccc3Cl)C2c2ccc(NC3CCCC3)cc2)cc1C.Cc1ccc(NC(=O)[C@H]2C[C@@H](C)CN(C(=O)c3c(F)cccc3F)C2c2ccc(NC3CCCC3)cc2)cc1C. The first-order valence-corrected chi connectivity index (χ1v) is 42.8. The summed E-state index contributed by atoms with van der Waals surface area (Å²) in [5.41, 5.74) is 10.1. The Morgan fingerprint density at radius 2 is 0.617 bits per heavy atom. The van der Waals surface area contributed by atoms with E-state index in [-0.39, 0.29) is 69.9 Å². The van der Waals surface area contributed by atoms with Crippen LogP contribution in [0.3, 0.4) is 0 Å². The van der Waals surface area contributed by atoms with E-state index in [1.807, 2.05) is 158 Å². The van der Waals surface area contributed by atoms with Gasteiger partial charge in [0.05, 0.1) is 51.5 Å². The summed E-state index contributed by atoms with van der Waals surface area (Å²) in [5, 5.41) is 29.6. The number of rotatable bonds is 18. The monoisotopic (exact) mass is 1670 g/mol. The molecule has 630 valence electrons. The fraction of sp³-hybridized carbons (Fsp3) is 0.381. The number of anilines is 6. The Bertz CT molecular complexity index is 4610. The number of phenols is 1. The number of piperidine rings is 3. The molecule has 9 aromatic rings. The van der Waals surface area contributed by atoms with Gasteiger partial charge in [0.2, 0.25) is 17.7 Å². The van der Waals surface area contributed by atoms with E-state index in [4.69, 9.17) is 23.2 Å². The summed E-state index contributed by atoms with van der Waals surface area (Å²) in [6, 6.07) is 49.6. The maximum absolute atomic E-state index is 14.9. The van der Waals surface area contributed by atoms with Gasteiger partial charge in [0.15, 0.2) is 0 Å². The van der Waals surface area contributed by atoms with Gasteiger partial charge in [-0.2, -0.15) is 0 Å². The second-order valence-corrected chi connectivity index (χ2v) is 34.6. The zero-order valence-corrected chi connectivity index (χ0v) is 70.4. The standard InChI is InChI=1S/C33H37ClFN3O2.C33H37F2N3O2.C31H32ClF2N3O3/c2*1-20-17-27(32(39)37-26-14-11-21(2)22(3)18-26)31(23-12-15-25(16-13-23)36-24-7-4-5-8-24)38(19-20)33(40)30-28(34)9-6-10-29(30)35;1-18-15-23(30(39)36-22-13-14-27(38)24(32)16-22)29(19-9-11-21(12-10-19)35-20-5-2-3-6-20)37(17-18)31(40)28-25(33)7-4-8-26(28)34/h2*6,9-16,18,20,24,27,31,36H,4-5,7-8,17,19H2,1-3H3,(H,37,39);4,7-14,16,18,20,23,29,35,38H,2-3,5-6,15,17H2,1H3,(H,36,39)/t2*20-,27+,31?;18-,23+,29?/m111/s1. The van der Waals surface area contributed by atoms with Crippen molar-refractivity contribution in [2.24, 2.45) is 35.5 Å². The second-order valence-electron chi connectivity index (χ2n) is 33.8. The molecule has 9 atom stereocenters. The molecule has 15 rings (SSSR count). The minimum atomic E-state index is -0.946. The molecule has 3 saturated heterocycles. The summed E-state index contributed by atoms with van der Waals surface area (Å²) in [5.74, 6) is -9.28. The molecule has 3 saturated carbocycles. The fourth-order valence-corrected chi connectivity index (χ4v) is 18.7. The van der Waals surface area contributed by atoms with Crippen LogP contribution in [0.4, 0.5) is 56.1 Å². The Kier molecular flexibility index (Phi) is 28.4. The van der Waals surface area contributed by atoms with Gasteiger partial charge < -0.3 is 51.7 Å². The molecule has 0 spiro atoms. The molecule has 16 nitrogen and oxygen atoms in total. The maximum atomic E-state index is 14.9. The maximum Gasteiger partial charge on any atom is 0.260 e. The van der Waals surface area contributed by atoms with Crippen LogP contribution in [-0.4, -0.2) is 93.0 Å². The molecular weight excluding hydrogens is 1570 g/mol. The van der Waals surface area contributed by atoms with Gasteiger partial charge in [-0.15, -0.1) is 0 Å². The van der Waals surface area contributed by atoms with Gasteiger partial charge in [0.1, 0.15) is 46.0 Å². The first-order chi connectivity index (χ1) is 57.6. The van der Waals surface area contributed by atoms with Gasteiger partial charge in [-0.25, -0.2) is 22.0 Å². The van der Waals surface area contributed by atoms with Gasteiger partial charge in [-0.3, -0.25) is 28.8 Å². The summed E-state index contributed by atoms with van der Waals surface area (Å²) in [6.45, 7) is 14.8. The van der Waals surface area contributed by atoms with Crippen LogP contribution < -0.4 is 31.9 Å². The molecule has 6 amide bonds. The lowest BCUT2D eigenvalue weighted by molar-refractivity contribution is -0.124. The van der Waals surface area contributed by atoms with E-state index in [1.165, 1.54) is 96.9 Å². The summed E-state index contributed by atoms with van der Waals surface area (Å²) < 4.78 is 73.9. The van der Waals surface area contributed by atoms with Crippen LogP contribution in [0.15, 0.2) is 182 Å². The molecule has 3 aliphatic heterocycles. The van der Waals surface area contributed by atoms with Crippen LogP contribution in [0, 0.1) is 92.3 Å². The number of halogens is 7. The summed E-state index contributed by atoms with van der Waals surface area (Å²) >= 11 is 12.4. The van der Waals surface area contributed by atoms with Crippen molar-refractivity contribution in [1.82, 2.24) is 14.7 Å². The quantitative estimate of drug-likeness (QED) is 0.0320. The third kappa shape index (κ3) is 20.8. The highest BCUT2D eigenvalue weighted by Crippen LogP contribution is 2.46. The number of aryl methyl sites for hydroxylation is 4. The Morgan fingerprint density at radius 1 is 0.342 bits per heavy atom. The number of likely N-dealkylation sites (tertiary alicyclic amines) is 3. The van der Waals surface area contributed by atoms with Crippen LogP contribution >= 0.6 is 23.2 Å². The molecule has 0 aromatic heterocycles. The number of hydrogen-bond donors (Lipinski definition) is 7. The molecule has 23 heteroatoms. The van der Waals surface area contributed by atoms with Gasteiger partial charge in [-0.1, -0.05) is 149 Å². The van der Waals surface area contributed by atoms with Crippen LogP contribution in [0.2, 0.25) is 10.0 Å². The minimum absolute atomic E-state index is 0.0320.